The zero-order chi connectivity index (χ0) is 29.8. The second-order valence-corrected chi connectivity index (χ2v) is 10.6. The molecular weight excluding hydrogens is 528 g/mol. The third-order valence-corrected chi connectivity index (χ3v) is 6.94. The Morgan fingerprint density at radius 1 is 1.00 bits per heavy atom. The lowest BCUT2D eigenvalue weighted by molar-refractivity contribution is 0.0971. The summed E-state index contributed by atoms with van der Waals surface area (Å²) in [4.78, 5) is 35.6. The fourth-order valence-corrected chi connectivity index (χ4v) is 4.72. The maximum Gasteiger partial charge on any atom is 0.284 e. The van der Waals surface area contributed by atoms with Crippen LogP contribution in [0, 0.1) is 12.8 Å². The van der Waals surface area contributed by atoms with Crippen LogP contribution in [0.4, 0.5) is 11.5 Å². The Kier molecular flexibility index (Phi) is 8.31. The van der Waals surface area contributed by atoms with Gasteiger partial charge in [0.05, 0.1) is 29.9 Å². The molecule has 2 heterocycles. The van der Waals surface area contributed by atoms with Gasteiger partial charge in [-0.3, -0.25) is 14.3 Å². The highest BCUT2D eigenvalue weighted by atomic mass is 16.5. The van der Waals surface area contributed by atoms with E-state index in [1.807, 2.05) is 66.7 Å². The number of amides is 1. The normalized spacial score (nSPS) is 11.2. The molecule has 0 bridgehead atoms. The van der Waals surface area contributed by atoms with Crippen molar-refractivity contribution in [3.05, 3.63) is 112 Å². The third-order valence-electron chi connectivity index (χ3n) is 6.94. The maximum absolute atomic E-state index is 13.2. The number of hydrogen-bond acceptors (Lipinski definition) is 6. The Morgan fingerprint density at radius 3 is 2.45 bits per heavy atom. The van der Waals surface area contributed by atoms with Gasteiger partial charge in [-0.1, -0.05) is 62.4 Å². The highest BCUT2D eigenvalue weighted by Gasteiger charge is 2.22. The van der Waals surface area contributed by atoms with Gasteiger partial charge >= 0.3 is 0 Å². The van der Waals surface area contributed by atoms with Gasteiger partial charge in [-0.15, -0.1) is 0 Å². The van der Waals surface area contributed by atoms with Crippen molar-refractivity contribution in [3.63, 3.8) is 0 Å². The minimum atomic E-state index is -0.478. The van der Waals surface area contributed by atoms with Crippen LogP contribution >= 0.6 is 0 Å². The van der Waals surface area contributed by atoms with Gasteiger partial charge in [-0.25, -0.2) is 14.6 Å². The Balaban J connectivity index is 1.35. The van der Waals surface area contributed by atoms with Gasteiger partial charge in [0.15, 0.2) is 0 Å². The summed E-state index contributed by atoms with van der Waals surface area (Å²) in [6.45, 7) is 7.22. The molecular formula is C33H34N6O3. The van der Waals surface area contributed by atoms with E-state index < -0.39 is 5.91 Å². The molecule has 0 spiro atoms. The molecule has 0 saturated carbocycles. The van der Waals surface area contributed by atoms with E-state index in [0.29, 0.717) is 53.4 Å². The van der Waals surface area contributed by atoms with E-state index in [2.05, 4.69) is 24.1 Å². The van der Waals surface area contributed by atoms with Gasteiger partial charge in [0, 0.05) is 30.5 Å². The van der Waals surface area contributed by atoms with Crippen LogP contribution in [0.25, 0.3) is 28.2 Å². The summed E-state index contributed by atoms with van der Waals surface area (Å²) in [5, 5.41) is 2.85. The number of hydrogen-bond donors (Lipinski definition) is 2. The van der Waals surface area contributed by atoms with Crippen LogP contribution in [0.5, 0.6) is 0 Å². The molecule has 5 aromatic rings. The summed E-state index contributed by atoms with van der Waals surface area (Å²) in [7, 11) is 1.76. The monoisotopic (exact) mass is 562 g/mol. The zero-order valence-electron chi connectivity index (χ0n) is 24.2. The second kappa shape index (κ2) is 12.2. The lowest BCUT2D eigenvalue weighted by atomic mass is 10.1. The quantitative estimate of drug-likeness (QED) is 0.241. The number of nitrogens with one attached hydrogen (secondary N) is 1. The number of carbonyl (C=O) groups excluding carboxylic acids is 1. The van der Waals surface area contributed by atoms with Crippen LogP contribution in [0.1, 0.15) is 35.5 Å². The molecule has 2 aromatic heterocycles. The Labute approximate surface area is 244 Å². The standard InChI is InChI=1S/C33H34N6O3/c1-21(2)19-42-20-23-9-8-10-25(17-23)28-18-35-31(34)30(37-28)24-13-15-26(16-14-24)36-32(40)29-22(3)38(4)39(33(29)41)27-11-6-5-7-12-27/h5-18,21H,19-20H2,1-4H3,(H2,34,35)(H,36,40). The average Bonchev–Trinajstić information content (AvgIpc) is 3.21. The first-order valence-corrected chi connectivity index (χ1v) is 13.8. The summed E-state index contributed by atoms with van der Waals surface area (Å²) < 4.78 is 8.95. The smallest absolute Gasteiger partial charge is 0.284 e. The van der Waals surface area contributed by atoms with Gasteiger partial charge in [-0.05, 0) is 48.7 Å². The van der Waals surface area contributed by atoms with E-state index >= 15 is 0 Å². The first-order chi connectivity index (χ1) is 20.2. The molecule has 3 N–H and O–H groups in total. The van der Waals surface area contributed by atoms with Gasteiger partial charge in [-0.2, -0.15) is 0 Å². The highest BCUT2D eigenvalue weighted by Crippen LogP contribution is 2.28. The predicted octanol–water partition coefficient (Wildman–Crippen LogP) is 5.62. The van der Waals surface area contributed by atoms with Crippen molar-refractivity contribution in [1.82, 2.24) is 19.3 Å². The molecule has 42 heavy (non-hydrogen) atoms. The van der Waals surface area contributed by atoms with Crippen molar-refractivity contribution >= 4 is 17.4 Å². The molecule has 214 valence electrons. The number of aromatic nitrogens is 4. The molecule has 0 atom stereocenters. The van der Waals surface area contributed by atoms with Crippen molar-refractivity contribution in [2.45, 2.75) is 27.4 Å². The van der Waals surface area contributed by atoms with Crippen molar-refractivity contribution in [3.8, 4) is 28.2 Å². The molecule has 0 saturated heterocycles. The molecule has 0 aliphatic rings. The second-order valence-electron chi connectivity index (χ2n) is 10.6. The molecule has 3 aromatic carbocycles. The molecule has 9 nitrogen and oxygen atoms in total. The van der Waals surface area contributed by atoms with Crippen LogP contribution in [0.15, 0.2) is 89.9 Å². The van der Waals surface area contributed by atoms with Crippen LogP contribution in [-0.4, -0.2) is 31.8 Å². The molecule has 1 amide bonds. The topological polar surface area (TPSA) is 117 Å². The molecule has 9 heteroatoms. The number of nitrogen functional groups attached to an aromatic ring is 1. The third kappa shape index (κ3) is 6.01. The summed E-state index contributed by atoms with van der Waals surface area (Å²) >= 11 is 0. The number of benzene rings is 3. The molecule has 0 fully saturated rings. The largest absolute Gasteiger partial charge is 0.382 e. The number of anilines is 2. The van der Waals surface area contributed by atoms with E-state index in [-0.39, 0.29) is 11.1 Å². The summed E-state index contributed by atoms with van der Waals surface area (Å²) in [5.74, 6) is 0.291. The van der Waals surface area contributed by atoms with Crippen LogP contribution < -0.4 is 16.6 Å². The molecule has 0 radical (unpaired) electrons. The highest BCUT2D eigenvalue weighted by molar-refractivity contribution is 6.05. The minimum absolute atomic E-state index is 0.0880. The number of ether oxygens (including phenoxy) is 1. The number of nitrogens with two attached hydrogens (primary N) is 1. The molecule has 0 aliphatic heterocycles. The first-order valence-electron chi connectivity index (χ1n) is 13.8. The number of nitrogens with zero attached hydrogens (tertiary/aromatic N) is 4. The van der Waals surface area contributed by atoms with Crippen LogP contribution in [-0.2, 0) is 18.4 Å². The van der Waals surface area contributed by atoms with Crippen molar-refractivity contribution < 1.29 is 9.53 Å². The van der Waals surface area contributed by atoms with Gasteiger partial charge < -0.3 is 15.8 Å². The number of carbonyl (C=O) groups is 1. The average molecular weight is 563 g/mol. The van der Waals surface area contributed by atoms with Gasteiger partial charge in [0.1, 0.15) is 17.1 Å². The fourth-order valence-electron chi connectivity index (χ4n) is 4.72. The first kappa shape index (κ1) is 28.5. The lowest BCUT2D eigenvalue weighted by Crippen LogP contribution is -2.25. The predicted molar refractivity (Wildman–Crippen MR) is 166 cm³/mol. The van der Waals surface area contributed by atoms with E-state index in [9.17, 15) is 9.59 Å². The van der Waals surface area contributed by atoms with Crippen molar-refractivity contribution in [1.29, 1.82) is 0 Å². The van der Waals surface area contributed by atoms with Crippen molar-refractivity contribution in [2.24, 2.45) is 13.0 Å². The molecule has 5 rings (SSSR count). The SMILES string of the molecule is Cc1c(C(=O)Nc2ccc(-c3nc(-c4cccc(COCC(C)C)c4)cnc3N)cc2)c(=O)n(-c2ccccc2)n1C. The van der Waals surface area contributed by atoms with Gasteiger partial charge in [0.2, 0.25) is 0 Å². The molecule has 0 aliphatic carbocycles. The minimum Gasteiger partial charge on any atom is -0.382 e. The van der Waals surface area contributed by atoms with E-state index in [1.165, 1.54) is 4.68 Å². The Bertz CT molecular complexity index is 1770. The Hall–Kier alpha value is -5.02. The Morgan fingerprint density at radius 2 is 1.74 bits per heavy atom. The van der Waals surface area contributed by atoms with Crippen LogP contribution in [0.3, 0.4) is 0 Å². The number of rotatable bonds is 9. The fraction of sp³-hybridized carbons (Fsp3) is 0.212. The number of para-hydroxylation sites is 1. The summed E-state index contributed by atoms with van der Waals surface area (Å²) in [6, 6.07) is 24.4. The maximum atomic E-state index is 13.2. The summed E-state index contributed by atoms with van der Waals surface area (Å²) in [6.07, 6.45) is 1.66. The zero-order valence-corrected chi connectivity index (χ0v) is 24.2. The lowest BCUT2D eigenvalue weighted by Gasteiger charge is -2.11. The van der Waals surface area contributed by atoms with Crippen molar-refractivity contribution in [2.75, 3.05) is 17.7 Å². The van der Waals surface area contributed by atoms with E-state index in [0.717, 1.165) is 16.7 Å². The van der Waals surface area contributed by atoms with E-state index in [1.54, 1.807) is 37.0 Å². The summed E-state index contributed by atoms with van der Waals surface area (Å²) in [5.41, 5.74) is 11.6. The molecule has 0 unspecified atom stereocenters. The van der Waals surface area contributed by atoms with Crippen LogP contribution in [0.2, 0.25) is 0 Å². The van der Waals surface area contributed by atoms with Gasteiger partial charge in [0.25, 0.3) is 11.5 Å². The van der Waals surface area contributed by atoms with E-state index in [4.69, 9.17) is 15.5 Å².